The molecule has 0 saturated heterocycles. The first kappa shape index (κ1) is 35.7. The molecule has 0 saturated carbocycles. The third-order valence-corrected chi connectivity index (χ3v) is 12.4. The quantitative estimate of drug-likeness (QED) is 0.150. The first-order valence-corrected chi connectivity index (χ1v) is 21.3. The van der Waals surface area contributed by atoms with E-state index in [1.54, 1.807) is 0 Å². The first-order valence-electron chi connectivity index (χ1n) is 21.3. The highest BCUT2D eigenvalue weighted by Crippen LogP contribution is 2.49. The van der Waals surface area contributed by atoms with Crippen LogP contribution in [0.15, 0.2) is 241 Å². The van der Waals surface area contributed by atoms with E-state index in [4.69, 9.17) is 4.42 Å². The van der Waals surface area contributed by atoms with Gasteiger partial charge >= 0.3 is 0 Å². The van der Waals surface area contributed by atoms with Gasteiger partial charge in [-0.15, -0.1) is 0 Å². The molecule has 11 aromatic carbocycles. The molecule has 0 spiro atoms. The molecule has 290 valence electrons. The summed E-state index contributed by atoms with van der Waals surface area (Å²) in [6, 6.07) is 85.6. The number of anilines is 3. The number of hydrogen-bond acceptors (Lipinski definition) is 2. The van der Waals surface area contributed by atoms with Gasteiger partial charge in [0.25, 0.3) is 0 Å². The van der Waals surface area contributed by atoms with Crippen LogP contribution < -0.4 is 4.90 Å². The van der Waals surface area contributed by atoms with Gasteiger partial charge < -0.3 is 9.32 Å². The minimum atomic E-state index is 0.859. The lowest BCUT2D eigenvalue weighted by Gasteiger charge is -2.29. The summed E-state index contributed by atoms with van der Waals surface area (Å²) in [6.07, 6.45) is 0. The van der Waals surface area contributed by atoms with E-state index < -0.39 is 0 Å². The number of nitrogens with zero attached hydrogens (tertiary/aromatic N) is 1. The van der Waals surface area contributed by atoms with Gasteiger partial charge in [-0.2, -0.15) is 0 Å². The third kappa shape index (κ3) is 5.96. The van der Waals surface area contributed by atoms with Crippen LogP contribution in [0.3, 0.4) is 0 Å². The van der Waals surface area contributed by atoms with E-state index in [2.05, 4.69) is 235 Å². The third-order valence-electron chi connectivity index (χ3n) is 12.4. The number of hydrogen-bond donors (Lipinski definition) is 0. The fourth-order valence-electron chi connectivity index (χ4n) is 9.60. The van der Waals surface area contributed by atoms with E-state index in [0.717, 1.165) is 50.1 Å². The van der Waals surface area contributed by atoms with Crippen molar-refractivity contribution in [3.63, 3.8) is 0 Å². The number of furan rings is 1. The number of fused-ring (bicyclic) bond motifs is 7. The zero-order chi connectivity index (χ0) is 41.0. The molecular weight excluding hydrogens is 751 g/mol. The van der Waals surface area contributed by atoms with Gasteiger partial charge in [-0.3, -0.25) is 0 Å². The molecular formula is C60H39NO. The summed E-state index contributed by atoms with van der Waals surface area (Å²) in [5.74, 6) is 0. The Morgan fingerprint density at radius 3 is 1.65 bits per heavy atom. The minimum Gasteiger partial charge on any atom is -0.456 e. The molecule has 1 heterocycles. The maximum atomic E-state index is 6.50. The Labute approximate surface area is 360 Å². The molecule has 2 heteroatoms. The molecule has 0 unspecified atom stereocenters. The molecule has 0 aliphatic carbocycles. The second kappa shape index (κ2) is 14.8. The average Bonchev–Trinajstić information content (AvgIpc) is 3.74. The van der Waals surface area contributed by atoms with E-state index in [9.17, 15) is 0 Å². The van der Waals surface area contributed by atoms with Gasteiger partial charge in [-0.05, 0) is 120 Å². The van der Waals surface area contributed by atoms with E-state index in [1.807, 2.05) is 6.07 Å². The lowest BCUT2D eigenvalue weighted by Crippen LogP contribution is -2.11. The molecule has 62 heavy (non-hydrogen) atoms. The number of para-hydroxylation sites is 2. The fraction of sp³-hybridized carbons (Fsp3) is 0. The summed E-state index contributed by atoms with van der Waals surface area (Å²) in [5.41, 5.74) is 14.4. The zero-order valence-electron chi connectivity index (χ0n) is 33.9. The summed E-state index contributed by atoms with van der Waals surface area (Å²) < 4.78 is 6.50. The Kier molecular flexibility index (Phi) is 8.53. The van der Waals surface area contributed by atoms with Gasteiger partial charge in [0.15, 0.2) is 0 Å². The zero-order valence-corrected chi connectivity index (χ0v) is 33.9. The van der Waals surface area contributed by atoms with Crippen LogP contribution in [-0.2, 0) is 0 Å². The van der Waals surface area contributed by atoms with Gasteiger partial charge in [-0.25, -0.2) is 0 Å². The van der Waals surface area contributed by atoms with Crippen LogP contribution >= 0.6 is 0 Å². The van der Waals surface area contributed by atoms with Crippen LogP contribution in [0.5, 0.6) is 0 Å². The summed E-state index contributed by atoms with van der Waals surface area (Å²) in [6.45, 7) is 0. The lowest BCUT2D eigenvalue weighted by atomic mass is 9.84. The smallest absolute Gasteiger partial charge is 0.137 e. The molecule has 0 aliphatic heterocycles. The molecule has 12 rings (SSSR count). The lowest BCUT2D eigenvalue weighted by molar-refractivity contribution is 0.669. The van der Waals surface area contributed by atoms with Crippen LogP contribution in [0, 0.1) is 0 Å². The molecule has 0 radical (unpaired) electrons. The molecule has 0 N–H and O–H groups in total. The maximum absolute atomic E-state index is 6.50. The van der Waals surface area contributed by atoms with Gasteiger partial charge in [0.1, 0.15) is 11.2 Å². The van der Waals surface area contributed by atoms with Crippen molar-refractivity contribution >= 4 is 71.3 Å². The number of rotatable bonds is 7. The van der Waals surface area contributed by atoms with Gasteiger partial charge in [0.05, 0.1) is 16.8 Å². The highest BCUT2D eigenvalue weighted by Gasteiger charge is 2.23. The Balaban J connectivity index is 1.10. The van der Waals surface area contributed by atoms with Crippen molar-refractivity contribution in [2.75, 3.05) is 4.90 Å². The Morgan fingerprint density at radius 1 is 0.290 bits per heavy atom. The predicted octanol–water partition coefficient (Wildman–Crippen LogP) is 17.2. The van der Waals surface area contributed by atoms with Gasteiger partial charge in [0.2, 0.25) is 0 Å². The van der Waals surface area contributed by atoms with Crippen LogP contribution in [0.4, 0.5) is 17.1 Å². The van der Waals surface area contributed by atoms with Crippen LogP contribution in [0.1, 0.15) is 0 Å². The van der Waals surface area contributed by atoms with E-state index >= 15 is 0 Å². The van der Waals surface area contributed by atoms with Crippen molar-refractivity contribution in [2.24, 2.45) is 0 Å². The van der Waals surface area contributed by atoms with Crippen LogP contribution in [0.25, 0.3) is 98.8 Å². The second-order valence-electron chi connectivity index (χ2n) is 16.0. The van der Waals surface area contributed by atoms with Gasteiger partial charge in [0, 0.05) is 16.6 Å². The number of benzene rings is 11. The summed E-state index contributed by atoms with van der Waals surface area (Å²) in [5, 5.41) is 9.59. The van der Waals surface area contributed by atoms with Crippen molar-refractivity contribution in [1.82, 2.24) is 0 Å². The molecule has 0 bridgehead atoms. The molecule has 0 atom stereocenters. The first-order chi connectivity index (χ1) is 30.8. The predicted molar refractivity (Wildman–Crippen MR) is 263 cm³/mol. The van der Waals surface area contributed by atoms with E-state index in [1.165, 1.54) is 65.7 Å². The molecule has 0 fully saturated rings. The van der Waals surface area contributed by atoms with Crippen LogP contribution in [0.2, 0.25) is 0 Å². The summed E-state index contributed by atoms with van der Waals surface area (Å²) >= 11 is 0. The topological polar surface area (TPSA) is 16.4 Å². The van der Waals surface area contributed by atoms with Crippen molar-refractivity contribution in [1.29, 1.82) is 0 Å². The average molecular weight is 790 g/mol. The molecule has 2 nitrogen and oxygen atoms in total. The SMILES string of the molecule is c1ccc(-c2c(-c3ccccc3)c3cc(-c4ccccc4N(c4ccc(-c5ccc6ccccc6c5)cc4)c4cccc5oc6ccccc6c45)ccc3c3ccccc23)cc1. The van der Waals surface area contributed by atoms with E-state index in [-0.39, 0.29) is 0 Å². The van der Waals surface area contributed by atoms with E-state index in [0.29, 0.717) is 0 Å². The summed E-state index contributed by atoms with van der Waals surface area (Å²) in [4.78, 5) is 2.42. The monoisotopic (exact) mass is 789 g/mol. The van der Waals surface area contributed by atoms with Crippen molar-refractivity contribution in [3.8, 4) is 44.5 Å². The highest BCUT2D eigenvalue weighted by molar-refractivity contribution is 6.22. The normalized spacial score (nSPS) is 11.5. The molecule has 12 aromatic rings. The van der Waals surface area contributed by atoms with Crippen molar-refractivity contribution in [2.45, 2.75) is 0 Å². The highest BCUT2D eigenvalue weighted by atomic mass is 16.3. The molecule has 0 amide bonds. The fourth-order valence-corrected chi connectivity index (χ4v) is 9.60. The minimum absolute atomic E-state index is 0.859. The second-order valence-corrected chi connectivity index (χ2v) is 16.0. The Morgan fingerprint density at radius 2 is 0.855 bits per heavy atom. The van der Waals surface area contributed by atoms with Crippen molar-refractivity contribution < 1.29 is 4.42 Å². The summed E-state index contributed by atoms with van der Waals surface area (Å²) in [7, 11) is 0. The molecule has 0 aliphatic rings. The molecule has 1 aromatic heterocycles. The Bertz CT molecular complexity index is 3620. The Hall–Kier alpha value is -8.20. The van der Waals surface area contributed by atoms with Crippen molar-refractivity contribution in [3.05, 3.63) is 237 Å². The maximum Gasteiger partial charge on any atom is 0.137 e. The van der Waals surface area contributed by atoms with Crippen LogP contribution in [-0.4, -0.2) is 0 Å². The largest absolute Gasteiger partial charge is 0.456 e. The van der Waals surface area contributed by atoms with Gasteiger partial charge in [-0.1, -0.05) is 188 Å². The standard InChI is InChI=1S/C60H39NO/c1-3-17-42(18-4-1)58-51-24-10-9-23-49(51)50-37-34-46(39-53(50)59(58)43-19-5-2-6-20-43)48-22-11-13-26-54(48)61(55-27-15-29-57-60(55)52-25-12-14-28-56(52)62-57)47-35-32-41(33-36-47)45-31-30-40-16-7-8-21-44(40)38-45/h1-39H.